The maximum Gasteiger partial charge on any atom is 0.254 e. The minimum atomic E-state index is -2.55. The fraction of sp³-hybridized carbons (Fsp3) is 0.615. The number of nitrogens with zero attached hydrogens (tertiary/aromatic N) is 4. The minimum absolute atomic E-state index is 0.185. The third kappa shape index (κ3) is 3.30. The second kappa shape index (κ2) is 6.49. The fourth-order valence-corrected chi connectivity index (χ4v) is 2.75. The zero-order valence-electron chi connectivity index (χ0n) is 12.0. The van der Waals surface area contributed by atoms with E-state index in [0.717, 1.165) is 5.82 Å². The van der Waals surface area contributed by atoms with Crippen molar-refractivity contribution in [2.45, 2.75) is 25.2 Å². The Morgan fingerprint density at radius 1 is 1.27 bits per heavy atom. The molecule has 3 heterocycles. The van der Waals surface area contributed by atoms with Crippen molar-refractivity contribution >= 4 is 11.7 Å². The molecule has 2 fully saturated rings. The van der Waals surface area contributed by atoms with Gasteiger partial charge in [-0.05, 0) is 6.07 Å². The first-order valence-electron chi connectivity index (χ1n) is 7.22. The topological polar surface area (TPSA) is 73.4 Å². The van der Waals surface area contributed by atoms with Crippen molar-refractivity contribution in [2.24, 2.45) is 0 Å². The van der Waals surface area contributed by atoms with Gasteiger partial charge in [0.25, 0.3) is 6.43 Å². The maximum atomic E-state index is 12.8. The first kappa shape index (κ1) is 15.0. The monoisotopic (exact) mass is 312 g/mol. The lowest BCUT2D eigenvalue weighted by atomic mass is 10.1. The van der Waals surface area contributed by atoms with Crippen LogP contribution in [0.4, 0.5) is 14.6 Å². The lowest BCUT2D eigenvalue weighted by Crippen LogP contribution is -2.67. The average Bonchev–Trinajstić information content (AvgIpc) is 2.55. The van der Waals surface area contributed by atoms with Crippen LogP contribution in [0.25, 0.3) is 0 Å². The minimum Gasteiger partial charge on any atom is -0.354 e. The van der Waals surface area contributed by atoms with Crippen molar-refractivity contribution in [1.29, 1.82) is 0 Å². The van der Waals surface area contributed by atoms with Gasteiger partial charge in [0.1, 0.15) is 18.4 Å². The summed E-state index contributed by atoms with van der Waals surface area (Å²) in [5.74, 6) is 0.507. The molecule has 3 rings (SSSR count). The highest BCUT2D eigenvalue weighted by Crippen LogP contribution is 2.15. The zero-order chi connectivity index (χ0) is 15.5. The molecule has 120 valence electrons. The van der Waals surface area contributed by atoms with Crippen molar-refractivity contribution in [3.63, 3.8) is 0 Å². The lowest BCUT2D eigenvalue weighted by molar-refractivity contribution is -0.129. The third-order valence-electron chi connectivity index (χ3n) is 3.95. The van der Waals surface area contributed by atoms with Crippen molar-refractivity contribution in [1.82, 2.24) is 25.5 Å². The summed E-state index contributed by atoms with van der Waals surface area (Å²) in [6.45, 7) is 2.73. The Morgan fingerprint density at radius 2 is 2.05 bits per heavy atom. The van der Waals surface area contributed by atoms with E-state index in [1.54, 1.807) is 6.20 Å². The lowest BCUT2D eigenvalue weighted by Gasteiger charge is -2.43. The largest absolute Gasteiger partial charge is 0.354 e. The van der Waals surface area contributed by atoms with Gasteiger partial charge in [-0.1, -0.05) is 0 Å². The molecule has 2 atom stereocenters. The first-order chi connectivity index (χ1) is 10.6. The molecule has 1 aromatic heterocycles. The summed E-state index contributed by atoms with van der Waals surface area (Å²) < 4.78 is 25.7. The molecule has 1 aromatic rings. The molecular weight excluding hydrogens is 294 g/mol. The standard InChI is InChI=1S/C13H18F2N6O/c14-12(15)9-7-11(22)19-13(18-9)21-5-3-20(4-6-21)10-1-2-16-8-17-10/h1-2,8-9,12-13,18H,3-7H2,(H,19,22). The van der Waals surface area contributed by atoms with E-state index in [-0.39, 0.29) is 12.3 Å². The first-order valence-corrected chi connectivity index (χ1v) is 7.22. The molecule has 2 unspecified atom stereocenters. The Bertz CT molecular complexity index is 509. The van der Waals surface area contributed by atoms with Crippen LogP contribution in [0.2, 0.25) is 0 Å². The number of anilines is 1. The number of nitrogens with one attached hydrogen (secondary N) is 2. The van der Waals surface area contributed by atoms with E-state index in [2.05, 4.69) is 25.5 Å². The number of alkyl halides is 2. The normalized spacial score (nSPS) is 27.0. The van der Waals surface area contributed by atoms with Gasteiger partial charge < -0.3 is 10.2 Å². The van der Waals surface area contributed by atoms with Crippen LogP contribution in [-0.2, 0) is 4.79 Å². The number of halogens is 2. The molecular formula is C13H18F2N6O. The molecule has 2 aliphatic rings. The molecule has 1 amide bonds. The van der Waals surface area contributed by atoms with E-state index in [1.807, 2.05) is 11.0 Å². The summed E-state index contributed by atoms with van der Waals surface area (Å²) in [4.78, 5) is 23.7. The summed E-state index contributed by atoms with van der Waals surface area (Å²) >= 11 is 0. The van der Waals surface area contributed by atoms with Crippen molar-refractivity contribution < 1.29 is 13.6 Å². The molecule has 0 radical (unpaired) electrons. The predicted molar refractivity (Wildman–Crippen MR) is 75.3 cm³/mol. The number of hydrogen-bond acceptors (Lipinski definition) is 6. The maximum absolute atomic E-state index is 12.8. The van der Waals surface area contributed by atoms with Gasteiger partial charge in [-0.15, -0.1) is 0 Å². The number of rotatable bonds is 3. The zero-order valence-corrected chi connectivity index (χ0v) is 12.0. The van der Waals surface area contributed by atoms with Gasteiger partial charge in [0.05, 0.1) is 6.04 Å². The van der Waals surface area contributed by atoms with Gasteiger partial charge in [0.2, 0.25) is 5.91 Å². The average molecular weight is 312 g/mol. The van der Waals surface area contributed by atoms with Crippen LogP contribution < -0.4 is 15.5 Å². The number of amides is 1. The van der Waals surface area contributed by atoms with E-state index >= 15 is 0 Å². The van der Waals surface area contributed by atoms with E-state index < -0.39 is 18.8 Å². The van der Waals surface area contributed by atoms with Crippen molar-refractivity contribution in [3.8, 4) is 0 Å². The highest BCUT2D eigenvalue weighted by molar-refractivity contribution is 5.77. The molecule has 2 aliphatic heterocycles. The Kier molecular flexibility index (Phi) is 4.44. The van der Waals surface area contributed by atoms with Crippen molar-refractivity contribution in [2.75, 3.05) is 31.1 Å². The van der Waals surface area contributed by atoms with Crippen LogP contribution >= 0.6 is 0 Å². The Balaban J connectivity index is 1.58. The molecule has 0 saturated carbocycles. The van der Waals surface area contributed by atoms with Crippen LogP contribution in [0.5, 0.6) is 0 Å². The van der Waals surface area contributed by atoms with Crippen LogP contribution in [0.3, 0.4) is 0 Å². The van der Waals surface area contributed by atoms with E-state index in [0.29, 0.717) is 26.2 Å². The number of aromatic nitrogens is 2. The molecule has 0 bridgehead atoms. The molecule has 2 N–H and O–H groups in total. The fourth-order valence-electron chi connectivity index (χ4n) is 2.75. The SMILES string of the molecule is O=C1CC(C(F)F)NC(N2CCN(c3ccncn3)CC2)N1. The van der Waals surface area contributed by atoms with Gasteiger partial charge >= 0.3 is 0 Å². The van der Waals surface area contributed by atoms with Gasteiger partial charge in [-0.25, -0.2) is 18.7 Å². The molecule has 2 saturated heterocycles. The van der Waals surface area contributed by atoms with Crippen LogP contribution in [0, 0.1) is 0 Å². The summed E-state index contributed by atoms with van der Waals surface area (Å²) in [5, 5.41) is 5.53. The number of piperazine rings is 1. The summed E-state index contributed by atoms with van der Waals surface area (Å²) in [7, 11) is 0. The van der Waals surface area contributed by atoms with Gasteiger partial charge in [-0.2, -0.15) is 0 Å². The highest BCUT2D eigenvalue weighted by atomic mass is 19.3. The summed E-state index contributed by atoms with van der Waals surface area (Å²) in [5.41, 5.74) is 0. The predicted octanol–water partition coefficient (Wildman–Crippen LogP) is -0.375. The van der Waals surface area contributed by atoms with E-state index in [4.69, 9.17) is 0 Å². The molecule has 0 aromatic carbocycles. The highest BCUT2D eigenvalue weighted by Gasteiger charge is 2.35. The summed E-state index contributed by atoms with van der Waals surface area (Å²) in [6.07, 6.45) is -0.0822. The van der Waals surface area contributed by atoms with Gasteiger partial charge in [0, 0.05) is 38.8 Å². The second-order valence-corrected chi connectivity index (χ2v) is 5.37. The summed E-state index contributed by atoms with van der Waals surface area (Å²) in [6, 6.07) is 0.752. The number of carbonyl (C=O) groups excluding carboxylic acids is 1. The Morgan fingerprint density at radius 3 is 2.68 bits per heavy atom. The van der Waals surface area contributed by atoms with Crippen LogP contribution in [0.15, 0.2) is 18.6 Å². The van der Waals surface area contributed by atoms with Crippen molar-refractivity contribution in [3.05, 3.63) is 18.6 Å². The quantitative estimate of drug-likeness (QED) is 0.793. The molecule has 0 spiro atoms. The van der Waals surface area contributed by atoms with Gasteiger partial charge in [-0.3, -0.25) is 15.0 Å². The Labute approximate surface area is 126 Å². The second-order valence-electron chi connectivity index (χ2n) is 5.37. The van der Waals surface area contributed by atoms with E-state index in [9.17, 15) is 13.6 Å². The van der Waals surface area contributed by atoms with Crippen LogP contribution in [-0.4, -0.2) is 65.7 Å². The van der Waals surface area contributed by atoms with E-state index in [1.165, 1.54) is 6.33 Å². The molecule has 7 nitrogen and oxygen atoms in total. The third-order valence-corrected chi connectivity index (χ3v) is 3.95. The Hall–Kier alpha value is -1.87. The molecule has 9 heteroatoms. The molecule has 22 heavy (non-hydrogen) atoms. The smallest absolute Gasteiger partial charge is 0.254 e. The number of hydrogen-bond donors (Lipinski definition) is 2. The number of carbonyl (C=O) groups is 1. The van der Waals surface area contributed by atoms with Gasteiger partial charge in [0.15, 0.2) is 0 Å². The van der Waals surface area contributed by atoms with Crippen LogP contribution in [0.1, 0.15) is 6.42 Å². The molecule has 0 aliphatic carbocycles.